The summed E-state index contributed by atoms with van der Waals surface area (Å²) >= 11 is 10.6. The Kier molecular flexibility index (Phi) is 4.93. The first-order valence-electron chi connectivity index (χ1n) is 5.51. The van der Waals surface area contributed by atoms with Crippen LogP contribution in [0.15, 0.2) is 28.1 Å². The number of thiazole rings is 1. The van der Waals surface area contributed by atoms with E-state index < -0.39 is 0 Å². The SMILES string of the molecule is NCCc1nc(C(=O)Nc2ccc(Cl)cc2Br)cs1. The van der Waals surface area contributed by atoms with Crippen LogP contribution in [0.1, 0.15) is 15.5 Å². The van der Waals surface area contributed by atoms with Crippen LogP contribution in [0, 0.1) is 0 Å². The molecule has 1 amide bonds. The highest BCUT2D eigenvalue weighted by atomic mass is 79.9. The quantitative estimate of drug-likeness (QED) is 0.879. The van der Waals surface area contributed by atoms with Gasteiger partial charge in [-0.05, 0) is 40.7 Å². The number of nitrogens with zero attached hydrogens (tertiary/aromatic N) is 1. The summed E-state index contributed by atoms with van der Waals surface area (Å²) in [7, 11) is 0. The van der Waals surface area contributed by atoms with Gasteiger partial charge in [0, 0.05) is 21.3 Å². The number of nitrogens with one attached hydrogen (secondary N) is 1. The van der Waals surface area contributed by atoms with Crippen LogP contribution in [0.5, 0.6) is 0 Å². The molecule has 100 valence electrons. The average molecular weight is 361 g/mol. The van der Waals surface area contributed by atoms with Crippen LogP contribution in [0.4, 0.5) is 5.69 Å². The maximum atomic E-state index is 12.0. The molecule has 4 nitrogen and oxygen atoms in total. The first-order valence-corrected chi connectivity index (χ1v) is 7.56. The molecule has 1 heterocycles. The third-order valence-corrected chi connectivity index (χ3v) is 4.12. The Morgan fingerprint density at radius 3 is 3.00 bits per heavy atom. The molecule has 3 N–H and O–H groups in total. The highest BCUT2D eigenvalue weighted by molar-refractivity contribution is 9.10. The predicted molar refractivity (Wildman–Crippen MR) is 82.0 cm³/mol. The lowest BCUT2D eigenvalue weighted by molar-refractivity contribution is 0.102. The van der Waals surface area contributed by atoms with E-state index in [2.05, 4.69) is 26.2 Å². The van der Waals surface area contributed by atoms with Crippen molar-refractivity contribution >= 4 is 50.5 Å². The molecule has 0 radical (unpaired) electrons. The zero-order chi connectivity index (χ0) is 13.8. The average Bonchev–Trinajstić information content (AvgIpc) is 2.82. The molecule has 0 atom stereocenters. The summed E-state index contributed by atoms with van der Waals surface area (Å²) in [5.74, 6) is -0.248. The van der Waals surface area contributed by atoms with E-state index in [0.29, 0.717) is 29.4 Å². The van der Waals surface area contributed by atoms with Crippen molar-refractivity contribution in [2.24, 2.45) is 5.73 Å². The van der Waals surface area contributed by atoms with E-state index in [-0.39, 0.29) is 5.91 Å². The van der Waals surface area contributed by atoms with E-state index in [1.807, 2.05) is 0 Å². The molecule has 1 aromatic heterocycles. The second-order valence-electron chi connectivity index (χ2n) is 3.74. The number of aromatic nitrogens is 1. The van der Waals surface area contributed by atoms with E-state index in [1.54, 1.807) is 23.6 Å². The second-order valence-corrected chi connectivity index (χ2v) is 5.98. The number of anilines is 1. The van der Waals surface area contributed by atoms with E-state index in [4.69, 9.17) is 17.3 Å². The van der Waals surface area contributed by atoms with E-state index in [1.165, 1.54) is 11.3 Å². The fourth-order valence-corrected chi connectivity index (χ4v) is 3.01. The smallest absolute Gasteiger partial charge is 0.275 e. The molecule has 0 unspecified atom stereocenters. The van der Waals surface area contributed by atoms with Crippen molar-refractivity contribution in [3.63, 3.8) is 0 Å². The first kappa shape index (κ1) is 14.5. The third-order valence-electron chi connectivity index (χ3n) is 2.32. The highest BCUT2D eigenvalue weighted by Crippen LogP contribution is 2.26. The van der Waals surface area contributed by atoms with Crippen molar-refractivity contribution in [1.29, 1.82) is 0 Å². The molecule has 0 bridgehead atoms. The molecule has 0 saturated heterocycles. The number of benzene rings is 1. The Morgan fingerprint density at radius 2 is 2.32 bits per heavy atom. The van der Waals surface area contributed by atoms with Crippen LogP contribution >= 0.6 is 38.9 Å². The molecule has 0 aliphatic carbocycles. The largest absolute Gasteiger partial charge is 0.330 e. The minimum absolute atomic E-state index is 0.248. The Bertz CT molecular complexity index is 602. The molecule has 2 rings (SSSR count). The minimum atomic E-state index is -0.248. The predicted octanol–water partition coefficient (Wildman–Crippen LogP) is 3.31. The van der Waals surface area contributed by atoms with Crippen molar-refractivity contribution < 1.29 is 4.79 Å². The van der Waals surface area contributed by atoms with Gasteiger partial charge in [-0.2, -0.15) is 0 Å². The third kappa shape index (κ3) is 3.76. The highest BCUT2D eigenvalue weighted by Gasteiger charge is 2.12. The van der Waals surface area contributed by atoms with Crippen LogP contribution in [0.3, 0.4) is 0 Å². The maximum absolute atomic E-state index is 12.0. The fraction of sp³-hybridized carbons (Fsp3) is 0.167. The van der Waals surface area contributed by atoms with Crippen LogP contribution in [-0.2, 0) is 6.42 Å². The zero-order valence-corrected chi connectivity index (χ0v) is 13.0. The summed E-state index contributed by atoms with van der Waals surface area (Å²) < 4.78 is 0.728. The van der Waals surface area contributed by atoms with Crippen LogP contribution in [0.25, 0.3) is 0 Å². The lowest BCUT2D eigenvalue weighted by Crippen LogP contribution is -2.13. The Labute approximate surface area is 128 Å². The number of hydrogen-bond donors (Lipinski definition) is 2. The Hall–Kier alpha value is -0.950. The maximum Gasteiger partial charge on any atom is 0.275 e. The summed E-state index contributed by atoms with van der Waals surface area (Å²) in [6.07, 6.45) is 0.683. The van der Waals surface area contributed by atoms with Gasteiger partial charge >= 0.3 is 0 Å². The van der Waals surface area contributed by atoms with Gasteiger partial charge in [0.25, 0.3) is 5.91 Å². The molecular formula is C12H11BrClN3OS. The lowest BCUT2D eigenvalue weighted by atomic mass is 10.3. The molecule has 0 saturated carbocycles. The molecule has 1 aromatic carbocycles. The van der Waals surface area contributed by atoms with Crippen LogP contribution < -0.4 is 11.1 Å². The van der Waals surface area contributed by atoms with Crippen molar-refractivity contribution in [3.05, 3.63) is 43.8 Å². The van der Waals surface area contributed by atoms with Gasteiger partial charge < -0.3 is 11.1 Å². The first-order chi connectivity index (χ1) is 9.10. The van der Waals surface area contributed by atoms with Gasteiger partial charge in [0.2, 0.25) is 0 Å². The van der Waals surface area contributed by atoms with E-state index in [9.17, 15) is 4.79 Å². The van der Waals surface area contributed by atoms with Gasteiger partial charge in [0.15, 0.2) is 0 Å². The topological polar surface area (TPSA) is 68.0 Å². The monoisotopic (exact) mass is 359 g/mol. The van der Waals surface area contributed by atoms with E-state index >= 15 is 0 Å². The van der Waals surface area contributed by atoms with Crippen molar-refractivity contribution in [2.45, 2.75) is 6.42 Å². The lowest BCUT2D eigenvalue weighted by Gasteiger charge is -2.05. The summed E-state index contributed by atoms with van der Waals surface area (Å²) in [5.41, 5.74) is 6.50. The van der Waals surface area contributed by atoms with Gasteiger partial charge in [-0.15, -0.1) is 11.3 Å². The summed E-state index contributed by atoms with van der Waals surface area (Å²) in [4.78, 5) is 16.2. The van der Waals surface area contributed by atoms with Gasteiger partial charge in [0.05, 0.1) is 10.7 Å². The summed E-state index contributed by atoms with van der Waals surface area (Å²) in [5, 5.41) is 5.97. The van der Waals surface area contributed by atoms with Gasteiger partial charge in [-0.25, -0.2) is 4.98 Å². The van der Waals surface area contributed by atoms with Crippen LogP contribution in [0.2, 0.25) is 5.02 Å². The summed E-state index contributed by atoms with van der Waals surface area (Å²) in [6, 6.07) is 5.17. The molecule has 19 heavy (non-hydrogen) atoms. The standard InChI is InChI=1S/C12H11BrClN3OS/c13-8-5-7(14)1-2-9(8)17-12(18)10-6-19-11(16-10)3-4-15/h1-2,5-6H,3-4,15H2,(H,17,18). The van der Waals surface area contributed by atoms with Crippen LogP contribution in [-0.4, -0.2) is 17.4 Å². The second kappa shape index (κ2) is 6.47. The number of carbonyl (C=O) groups is 1. The number of carbonyl (C=O) groups excluding carboxylic acids is 1. The fourth-order valence-electron chi connectivity index (χ4n) is 1.43. The normalized spacial score (nSPS) is 10.5. The van der Waals surface area contributed by atoms with Crippen molar-refractivity contribution in [1.82, 2.24) is 4.98 Å². The number of rotatable bonds is 4. The molecule has 0 spiro atoms. The molecule has 0 aliphatic rings. The number of amides is 1. The van der Waals surface area contributed by atoms with Crippen molar-refractivity contribution in [2.75, 3.05) is 11.9 Å². The molecule has 2 aromatic rings. The molecule has 7 heteroatoms. The Balaban J connectivity index is 2.11. The zero-order valence-electron chi connectivity index (χ0n) is 9.82. The molecular weight excluding hydrogens is 350 g/mol. The van der Waals surface area contributed by atoms with Gasteiger partial charge in [-0.3, -0.25) is 4.79 Å². The van der Waals surface area contributed by atoms with E-state index in [0.717, 1.165) is 9.48 Å². The molecule has 0 aliphatic heterocycles. The van der Waals surface area contributed by atoms with Gasteiger partial charge in [-0.1, -0.05) is 11.6 Å². The number of hydrogen-bond acceptors (Lipinski definition) is 4. The summed E-state index contributed by atoms with van der Waals surface area (Å²) in [6.45, 7) is 0.525. The molecule has 0 fully saturated rings. The van der Waals surface area contributed by atoms with Gasteiger partial charge in [0.1, 0.15) is 5.69 Å². The van der Waals surface area contributed by atoms with Crippen molar-refractivity contribution in [3.8, 4) is 0 Å². The minimum Gasteiger partial charge on any atom is -0.330 e. The number of nitrogens with two attached hydrogens (primary N) is 1. The Morgan fingerprint density at radius 1 is 1.53 bits per heavy atom. The number of halogens is 2.